The smallest absolute Gasteiger partial charge is 0.205 e. The molecular formula is C9H15N3OS. The average Bonchev–Trinajstić information content (AvgIpc) is 2.72. The molecule has 1 aliphatic heterocycles. The van der Waals surface area contributed by atoms with Crippen LogP contribution in [0.25, 0.3) is 0 Å². The third-order valence-electron chi connectivity index (χ3n) is 2.68. The maximum atomic E-state index is 8.97. The maximum Gasteiger partial charge on any atom is 0.205 e. The SMILES string of the molecule is OCCC1CCCCN1c1ncns1. The van der Waals surface area contributed by atoms with E-state index in [9.17, 15) is 0 Å². The van der Waals surface area contributed by atoms with Crippen LogP contribution in [-0.4, -0.2) is 33.7 Å². The molecule has 0 spiro atoms. The van der Waals surface area contributed by atoms with E-state index in [0.29, 0.717) is 6.04 Å². The molecule has 1 aromatic rings. The number of anilines is 1. The maximum absolute atomic E-state index is 8.97. The molecule has 0 aromatic carbocycles. The molecule has 0 radical (unpaired) electrons. The molecule has 1 aliphatic rings. The van der Waals surface area contributed by atoms with Crippen LogP contribution in [0, 0.1) is 0 Å². The van der Waals surface area contributed by atoms with Gasteiger partial charge in [-0.2, -0.15) is 4.37 Å². The van der Waals surface area contributed by atoms with Crippen molar-refractivity contribution in [2.45, 2.75) is 31.7 Å². The van der Waals surface area contributed by atoms with E-state index in [1.54, 1.807) is 6.33 Å². The van der Waals surface area contributed by atoms with Gasteiger partial charge >= 0.3 is 0 Å². The minimum Gasteiger partial charge on any atom is -0.396 e. The summed E-state index contributed by atoms with van der Waals surface area (Å²) >= 11 is 1.44. The van der Waals surface area contributed by atoms with Gasteiger partial charge in [0.2, 0.25) is 5.13 Å². The van der Waals surface area contributed by atoms with Gasteiger partial charge in [-0.3, -0.25) is 0 Å². The number of nitrogens with zero attached hydrogens (tertiary/aromatic N) is 3. The first-order valence-corrected chi connectivity index (χ1v) is 5.83. The van der Waals surface area contributed by atoms with E-state index in [1.165, 1.54) is 30.8 Å². The zero-order valence-corrected chi connectivity index (χ0v) is 8.91. The molecule has 1 saturated heterocycles. The molecule has 14 heavy (non-hydrogen) atoms. The summed E-state index contributed by atoms with van der Waals surface area (Å²) < 4.78 is 4.02. The Morgan fingerprint density at radius 3 is 3.21 bits per heavy atom. The number of aliphatic hydroxyl groups excluding tert-OH is 1. The van der Waals surface area contributed by atoms with E-state index in [1.807, 2.05) is 0 Å². The molecule has 1 unspecified atom stereocenters. The van der Waals surface area contributed by atoms with Crippen LogP contribution in [0.2, 0.25) is 0 Å². The zero-order valence-electron chi connectivity index (χ0n) is 8.09. The molecule has 2 heterocycles. The molecule has 0 aliphatic carbocycles. The van der Waals surface area contributed by atoms with Gasteiger partial charge < -0.3 is 10.0 Å². The van der Waals surface area contributed by atoms with Gasteiger partial charge in [0, 0.05) is 30.7 Å². The van der Waals surface area contributed by atoms with Crippen molar-refractivity contribution in [1.29, 1.82) is 0 Å². The lowest BCUT2D eigenvalue weighted by Gasteiger charge is -2.34. The highest BCUT2D eigenvalue weighted by Gasteiger charge is 2.23. The third kappa shape index (κ3) is 2.04. The van der Waals surface area contributed by atoms with Crippen LogP contribution in [0.3, 0.4) is 0 Å². The number of hydrogen-bond donors (Lipinski definition) is 1. The highest BCUT2D eigenvalue weighted by Crippen LogP contribution is 2.26. The van der Waals surface area contributed by atoms with E-state index in [-0.39, 0.29) is 6.61 Å². The largest absolute Gasteiger partial charge is 0.396 e. The number of piperidine rings is 1. The Balaban J connectivity index is 2.06. The van der Waals surface area contributed by atoms with Crippen molar-refractivity contribution in [3.63, 3.8) is 0 Å². The second kappa shape index (κ2) is 4.70. The molecular weight excluding hydrogens is 198 g/mol. The van der Waals surface area contributed by atoms with Gasteiger partial charge in [0.1, 0.15) is 6.33 Å². The first kappa shape index (κ1) is 9.86. The molecule has 0 amide bonds. The summed E-state index contributed by atoms with van der Waals surface area (Å²) in [5, 5.41) is 9.98. The summed E-state index contributed by atoms with van der Waals surface area (Å²) in [4.78, 5) is 6.51. The van der Waals surface area contributed by atoms with Gasteiger partial charge in [0.15, 0.2) is 0 Å². The predicted octanol–water partition coefficient (Wildman–Crippen LogP) is 1.28. The fourth-order valence-electron chi connectivity index (χ4n) is 2.00. The van der Waals surface area contributed by atoms with Crippen molar-refractivity contribution >= 4 is 16.7 Å². The van der Waals surface area contributed by atoms with Crippen molar-refractivity contribution in [2.24, 2.45) is 0 Å². The van der Waals surface area contributed by atoms with Crippen molar-refractivity contribution < 1.29 is 5.11 Å². The summed E-state index contributed by atoms with van der Waals surface area (Å²) in [6.07, 6.45) is 6.10. The first-order valence-electron chi connectivity index (χ1n) is 5.06. The molecule has 1 atom stereocenters. The zero-order chi connectivity index (χ0) is 9.80. The Kier molecular flexibility index (Phi) is 3.31. The Hall–Kier alpha value is -0.680. The summed E-state index contributed by atoms with van der Waals surface area (Å²) in [7, 11) is 0. The highest BCUT2D eigenvalue weighted by molar-refractivity contribution is 7.09. The average molecular weight is 213 g/mol. The van der Waals surface area contributed by atoms with E-state index in [0.717, 1.165) is 18.1 Å². The lowest BCUT2D eigenvalue weighted by Crippen LogP contribution is -2.40. The Bertz CT molecular complexity index is 263. The van der Waals surface area contributed by atoms with Crippen molar-refractivity contribution in [3.05, 3.63) is 6.33 Å². The Morgan fingerprint density at radius 2 is 2.50 bits per heavy atom. The molecule has 4 nitrogen and oxygen atoms in total. The van der Waals surface area contributed by atoms with Gasteiger partial charge in [0.05, 0.1) is 0 Å². The Labute approximate surface area is 87.8 Å². The topological polar surface area (TPSA) is 49.2 Å². The first-order chi connectivity index (χ1) is 6.92. The molecule has 1 N–H and O–H groups in total. The van der Waals surface area contributed by atoms with Crippen LogP contribution in [0.15, 0.2) is 6.33 Å². The second-order valence-corrected chi connectivity index (χ2v) is 4.34. The van der Waals surface area contributed by atoms with Crippen LogP contribution in [0.5, 0.6) is 0 Å². The Morgan fingerprint density at radius 1 is 1.57 bits per heavy atom. The molecule has 0 saturated carbocycles. The van der Waals surface area contributed by atoms with E-state index in [4.69, 9.17) is 5.11 Å². The molecule has 1 fully saturated rings. The molecule has 1 aromatic heterocycles. The van der Waals surface area contributed by atoms with E-state index >= 15 is 0 Å². The fraction of sp³-hybridized carbons (Fsp3) is 0.778. The minimum absolute atomic E-state index is 0.264. The summed E-state index contributed by atoms with van der Waals surface area (Å²) in [6, 6.07) is 0.460. The third-order valence-corrected chi connectivity index (χ3v) is 3.39. The van der Waals surface area contributed by atoms with Gasteiger partial charge in [-0.1, -0.05) is 0 Å². The monoisotopic (exact) mass is 213 g/mol. The van der Waals surface area contributed by atoms with Crippen LogP contribution in [0.4, 0.5) is 5.13 Å². The van der Waals surface area contributed by atoms with E-state index in [2.05, 4.69) is 14.3 Å². The number of hydrogen-bond acceptors (Lipinski definition) is 5. The molecule has 78 valence electrons. The lowest BCUT2D eigenvalue weighted by atomic mass is 10.0. The van der Waals surface area contributed by atoms with Crippen molar-refractivity contribution in [3.8, 4) is 0 Å². The molecule has 5 heteroatoms. The molecule has 2 rings (SSSR count). The second-order valence-electron chi connectivity index (χ2n) is 3.58. The number of aliphatic hydroxyl groups is 1. The van der Waals surface area contributed by atoms with Crippen LogP contribution in [0.1, 0.15) is 25.7 Å². The number of aromatic nitrogens is 2. The van der Waals surface area contributed by atoms with Crippen molar-refractivity contribution in [1.82, 2.24) is 9.36 Å². The standard InChI is InChI=1S/C9H15N3OS/c13-6-4-8-3-1-2-5-12(8)9-10-7-11-14-9/h7-8,13H,1-6H2. The summed E-state index contributed by atoms with van der Waals surface area (Å²) in [5.41, 5.74) is 0. The summed E-state index contributed by atoms with van der Waals surface area (Å²) in [6.45, 7) is 1.32. The fourth-order valence-corrected chi connectivity index (χ4v) is 2.62. The quantitative estimate of drug-likeness (QED) is 0.821. The summed E-state index contributed by atoms with van der Waals surface area (Å²) in [5.74, 6) is 0. The molecule has 0 bridgehead atoms. The van der Waals surface area contributed by atoms with Gasteiger partial charge in [-0.05, 0) is 25.7 Å². The van der Waals surface area contributed by atoms with Gasteiger partial charge in [-0.15, -0.1) is 0 Å². The van der Waals surface area contributed by atoms with Gasteiger partial charge in [0.25, 0.3) is 0 Å². The van der Waals surface area contributed by atoms with Crippen LogP contribution >= 0.6 is 11.5 Å². The number of rotatable bonds is 3. The minimum atomic E-state index is 0.264. The van der Waals surface area contributed by atoms with Crippen LogP contribution in [-0.2, 0) is 0 Å². The van der Waals surface area contributed by atoms with Crippen LogP contribution < -0.4 is 4.90 Å². The normalized spacial score (nSPS) is 22.6. The van der Waals surface area contributed by atoms with Gasteiger partial charge in [-0.25, -0.2) is 4.98 Å². The predicted molar refractivity (Wildman–Crippen MR) is 56.6 cm³/mol. The van der Waals surface area contributed by atoms with Crippen molar-refractivity contribution in [2.75, 3.05) is 18.1 Å². The van der Waals surface area contributed by atoms with E-state index < -0.39 is 0 Å². The lowest BCUT2D eigenvalue weighted by molar-refractivity contribution is 0.262. The highest BCUT2D eigenvalue weighted by atomic mass is 32.1.